The van der Waals surface area contributed by atoms with E-state index in [1.807, 2.05) is 23.6 Å². The van der Waals surface area contributed by atoms with Crippen molar-refractivity contribution in [2.75, 3.05) is 20.3 Å². The first-order chi connectivity index (χ1) is 9.92. The number of alkyl halides is 3. The van der Waals surface area contributed by atoms with Crippen molar-refractivity contribution in [2.24, 2.45) is 0 Å². The quantitative estimate of drug-likeness (QED) is 0.719. The van der Waals surface area contributed by atoms with Crippen molar-refractivity contribution in [1.82, 2.24) is 5.32 Å². The third-order valence-corrected chi connectivity index (χ3v) is 5.09. The van der Waals surface area contributed by atoms with Crippen LogP contribution in [-0.2, 0) is 4.74 Å². The molecule has 0 aliphatic carbocycles. The van der Waals surface area contributed by atoms with Gasteiger partial charge < -0.3 is 10.1 Å². The summed E-state index contributed by atoms with van der Waals surface area (Å²) >= 11 is 5.13. The fourth-order valence-electron chi connectivity index (χ4n) is 2.16. The van der Waals surface area contributed by atoms with Gasteiger partial charge in [0.2, 0.25) is 0 Å². The van der Waals surface area contributed by atoms with Gasteiger partial charge in [0.05, 0.1) is 0 Å². The van der Waals surface area contributed by atoms with Gasteiger partial charge in [-0.25, -0.2) is 0 Å². The summed E-state index contributed by atoms with van der Waals surface area (Å²) in [4.78, 5) is 0. The van der Waals surface area contributed by atoms with E-state index in [-0.39, 0.29) is 12.6 Å². The van der Waals surface area contributed by atoms with Crippen LogP contribution in [0.4, 0.5) is 13.2 Å². The zero-order valence-electron chi connectivity index (χ0n) is 11.3. The van der Waals surface area contributed by atoms with Gasteiger partial charge in [-0.15, -0.1) is 11.3 Å². The summed E-state index contributed by atoms with van der Waals surface area (Å²) in [5.41, 5.74) is 1.09. The minimum Gasteiger partial charge on any atom is -0.372 e. The third kappa shape index (κ3) is 4.42. The Kier molecular flexibility index (Phi) is 5.65. The standard InChI is InChI=1S/C14H15BrF3NOS/c1-19-12(5-6-20-8-14(16,17)18)10-7-21-13-9(10)3-2-4-11(13)15/h2-4,7,12,19H,5-6,8H2,1H3. The number of benzene rings is 1. The van der Waals surface area contributed by atoms with E-state index in [9.17, 15) is 13.2 Å². The molecule has 0 aliphatic rings. The molecular formula is C14H15BrF3NOS. The van der Waals surface area contributed by atoms with Crippen LogP contribution in [0.15, 0.2) is 28.1 Å². The highest BCUT2D eigenvalue weighted by Gasteiger charge is 2.27. The fourth-order valence-corrected chi connectivity index (χ4v) is 3.83. The maximum atomic E-state index is 12.0. The molecule has 21 heavy (non-hydrogen) atoms. The summed E-state index contributed by atoms with van der Waals surface area (Å²) < 4.78 is 43.0. The van der Waals surface area contributed by atoms with Crippen molar-refractivity contribution in [3.8, 4) is 0 Å². The highest BCUT2D eigenvalue weighted by Crippen LogP contribution is 2.36. The number of hydrogen-bond donors (Lipinski definition) is 1. The average molecular weight is 382 g/mol. The molecule has 7 heteroatoms. The largest absolute Gasteiger partial charge is 0.411 e. The molecule has 0 amide bonds. The molecule has 2 nitrogen and oxygen atoms in total. The molecule has 0 saturated heterocycles. The highest BCUT2D eigenvalue weighted by molar-refractivity contribution is 9.10. The Balaban J connectivity index is 2.04. The van der Waals surface area contributed by atoms with E-state index in [2.05, 4.69) is 21.2 Å². The predicted octanol–water partition coefficient (Wildman–Crippen LogP) is 4.89. The molecule has 1 aromatic heterocycles. The van der Waals surface area contributed by atoms with Crippen LogP contribution >= 0.6 is 27.3 Å². The van der Waals surface area contributed by atoms with Crippen LogP contribution in [0.25, 0.3) is 10.1 Å². The van der Waals surface area contributed by atoms with Gasteiger partial charge in [-0.1, -0.05) is 12.1 Å². The van der Waals surface area contributed by atoms with Gasteiger partial charge in [-0.2, -0.15) is 13.2 Å². The van der Waals surface area contributed by atoms with Crippen molar-refractivity contribution in [3.63, 3.8) is 0 Å². The number of rotatable bonds is 6. The number of thiophene rings is 1. The first-order valence-corrected chi connectivity index (χ1v) is 8.07. The van der Waals surface area contributed by atoms with E-state index < -0.39 is 12.8 Å². The molecule has 1 heterocycles. The van der Waals surface area contributed by atoms with Crippen molar-refractivity contribution in [1.29, 1.82) is 0 Å². The third-order valence-electron chi connectivity index (χ3n) is 3.12. The Morgan fingerprint density at radius 2 is 2.14 bits per heavy atom. The normalized spacial score (nSPS) is 13.8. The summed E-state index contributed by atoms with van der Waals surface area (Å²) in [5.74, 6) is 0. The average Bonchev–Trinajstić information content (AvgIpc) is 2.83. The van der Waals surface area contributed by atoms with Crippen LogP contribution in [0.3, 0.4) is 0 Å². The molecule has 0 bridgehead atoms. The molecule has 0 aliphatic heterocycles. The number of fused-ring (bicyclic) bond motifs is 1. The maximum absolute atomic E-state index is 12.0. The lowest BCUT2D eigenvalue weighted by Gasteiger charge is -2.16. The molecule has 1 unspecified atom stereocenters. The topological polar surface area (TPSA) is 21.3 Å². The van der Waals surface area contributed by atoms with Crippen LogP contribution in [0, 0.1) is 0 Å². The number of nitrogens with one attached hydrogen (secondary N) is 1. The highest BCUT2D eigenvalue weighted by atomic mass is 79.9. The Hall–Kier alpha value is -0.630. The zero-order valence-corrected chi connectivity index (χ0v) is 13.7. The van der Waals surface area contributed by atoms with Gasteiger partial charge >= 0.3 is 6.18 Å². The van der Waals surface area contributed by atoms with Gasteiger partial charge in [-0.3, -0.25) is 0 Å². The van der Waals surface area contributed by atoms with Crippen molar-refractivity contribution < 1.29 is 17.9 Å². The smallest absolute Gasteiger partial charge is 0.372 e. The first kappa shape index (κ1) is 16.7. The first-order valence-electron chi connectivity index (χ1n) is 6.39. The van der Waals surface area contributed by atoms with E-state index in [1.165, 1.54) is 0 Å². The van der Waals surface area contributed by atoms with Crippen LogP contribution in [-0.4, -0.2) is 26.4 Å². The molecule has 2 aromatic rings. The molecule has 0 spiro atoms. The molecule has 0 radical (unpaired) electrons. The van der Waals surface area contributed by atoms with Crippen LogP contribution in [0.2, 0.25) is 0 Å². The molecule has 116 valence electrons. The number of ether oxygens (including phenoxy) is 1. The van der Waals surface area contributed by atoms with Gasteiger partial charge in [-0.05, 0) is 51.8 Å². The second-order valence-corrected chi connectivity index (χ2v) is 6.34. The summed E-state index contributed by atoms with van der Waals surface area (Å²) in [6.45, 7) is -1.13. The molecular weight excluding hydrogens is 367 g/mol. The van der Waals surface area contributed by atoms with E-state index in [0.29, 0.717) is 6.42 Å². The summed E-state index contributed by atoms with van der Waals surface area (Å²) in [6.07, 6.45) is -3.78. The minimum absolute atomic E-state index is 0.0266. The maximum Gasteiger partial charge on any atom is 0.411 e. The lowest BCUT2D eigenvalue weighted by molar-refractivity contribution is -0.174. The summed E-state index contributed by atoms with van der Waals surface area (Å²) in [6, 6.07) is 5.92. The Morgan fingerprint density at radius 1 is 1.38 bits per heavy atom. The van der Waals surface area contributed by atoms with E-state index in [1.54, 1.807) is 18.4 Å². The lowest BCUT2D eigenvalue weighted by Crippen LogP contribution is -2.21. The molecule has 1 aromatic carbocycles. The van der Waals surface area contributed by atoms with Crippen molar-refractivity contribution in [3.05, 3.63) is 33.6 Å². The van der Waals surface area contributed by atoms with Crippen molar-refractivity contribution >= 4 is 37.4 Å². The lowest BCUT2D eigenvalue weighted by atomic mass is 10.0. The fraction of sp³-hybridized carbons (Fsp3) is 0.429. The molecule has 0 saturated carbocycles. The van der Waals surface area contributed by atoms with E-state index in [0.717, 1.165) is 20.1 Å². The second-order valence-electron chi connectivity index (χ2n) is 4.61. The summed E-state index contributed by atoms with van der Waals surface area (Å²) in [5, 5.41) is 6.30. The van der Waals surface area contributed by atoms with Crippen LogP contribution in [0.5, 0.6) is 0 Å². The molecule has 1 N–H and O–H groups in total. The molecule has 0 fully saturated rings. The minimum atomic E-state index is -4.27. The Labute approximate surface area is 133 Å². The monoisotopic (exact) mass is 381 g/mol. The van der Waals surface area contributed by atoms with Crippen LogP contribution < -0.4 is 5.32 Å². The van der Waals surface area contributed by atoms with Gasteiger partial charge in [0, 0.05) is 21.8 Å². The van der Waals surface area contributed by atoms with Gasteiger partial charge in [0.1, 0.15) is 6.61 Å². The second kappa shape index (κ2) is 7.09. The molecule has 2 rings (SSSR count). The SMILES string of the molecule is CNC(CCOCC(F)(F)F)c1csc2c(Br)cccc12. The summed E-state index contributed by atoms with van der Waals surface area (Å²) in [7, 11) is 1.80. The van der Waals surface area contributed by atoms with E-state index in [4.69, 9.17) is 4.74 Å². The predicted molar refractivity (Wildman–Crippen MR) is 82.8 cm³/mol. The van der Waals surface area contributed by atoms with Crippen LogP contribution in [0.1, 0.15) is 18.0 Å². The van der Waals surface area contributed by atoms with E-state index >= 15 is 0 Å². The van der Waals surface area contributed by atoms with Gasteiger partial charge in [0.25, 0.3) is 0 Å². The number of hydrogen-bond acceptors (Lipinski definition) is 3. The molecule has 1 atom stereocenters. The Morgan fingerprint density at radius 3 is 2.81 bits per heavy atom. The number of halogens is 4. The Bertz CT molecular complexity index is 599. The zero-order chi connectivity index (χ0) is 15.5. The van der Waals surface area contributed by atoms with Gasteiger partial charge in [0.15, 0.2) is 0 Å². The van der Waals surface area contributed by atoms with Crippen molar-refractivity contribution in [2.45, 2.75) is 18.6 Å².